The topological polar surface area (TPSA) is 85.9 Å². The largest absolute Gasteiger partial charge is 0.374 e. The third kappa shape index (κ3) is 2.59. The van der Waals surface area contributed by atoms with Gasteiger partial charge in [0.25, 0.3) is 5.16 Å². The van der Waals surface area contributed by atoms with Gasteiger partial charge in [0.2, 0.25) is 15.0 Å². The van der Waals surface area contributed by atoms with Crippen LogP contribution in [-0.2, 0) is 15.6 Å². The average Bonchev–Trinajstić information content (AvgIpc) is 2.69. The van der Waals surface area contributed by atoms with Crippen molar-refractivity contribution in [1.29, 1.82) is 0 Å². The van der Waals surface area contributed by atoms with Crippen LogP contribution in [0.5, 0.6) is 0 Å². The summed E-state index contributed by atoms with van der Waals surface area (Å²) in [7, 11) is -3.75. The van der Waals surface area contributed by atoms with E-state index in [4.69, 9.17) is 5.73 Å². The molecule has 0 unspecified atom stereocenters. The Morgan fingerprint density at radius 1 is 1.35 bits per heavy atom. The average molecular weight is 273 g/mol. The Morgan fingerprint density at radius 3 is 2.65 bits per heavy atom. The Kier molecular flexibility index (Phi) is 3.07. The summed E-state index contributed by atoms with van der Waals surface area (Å²) in [4.78, 5) is 3.58. The molecule has 0 spiro atoms. The predicted molar refractivity (Wildman–Crippen MR) is 61.6 cm³/mol. The lowest BCUT2D eigenvalue weighted by molar-refractivity contribution is 0.581. The van der Waals surface area contributed by atoms with Crippen LogP contribution in [0.4, 0.5) is 9.52 Å². The third-order valence-corrected chi connectivity index (χ3v) is 4.09. The summed E-state index contributed by atoms with van der Waals surface area (Å²) in [6.07, 6.45) is 0. The second-order valence-electron chi connectivity index (χ2n) is 3.27. The first-order valence-electron chi connectivity index (χ1n) is 4.54. The SMILES string of the molecule is Nc1nc(S(=O)(=O)Cc2ccccc2F)ns1. The minimum atomic E-state index is -3.75. The maximum Gasteiger partial charge on any atom is 0.261 e. The predicted octanol–water partition coefficient (Wildman–Crippen LogP) is 1.23. The van der Waals surface area contributed by atoms with Crippen LogP contribution in [-0.4, -0.2) is 17.8 Å². The molecule has 2 aromatic rings. The van der Waals surface area contributed by atoms with E-state index in [0.29, 0.717) is 0 Å². The molecule has 0 radical (unpaired) electrons. The van der Waals surface area contributed by atoms with Crippen molar-refractivity contribution in [3.63, 3.8) is 0 Å². The highest BCUT2D eigenvalue weighted by Gasteiger charge is 2.22. The summed E-state index contributed by atoms with van der Waals surface area (Å²) in [6.45, 7) is 0. The van der Waals surface area contributed by atoms with E-state index >= 15 is 0 Å². The highest BCUT2D eigenvalue weighted by molar-refractivity contribution is 7.90. The van der Waals surface area contributed by atoms with Gasteiger partial charge in [-0.2, -0.15) is 9.36 Å². The van der Waals surface area contributed by atoms with E-state index in [1.54, 1.807) is 6.07 Å². The van der Waals surface area contributed by atoms with Gasteiger partial charge in [-0.15, -0.1) is 0 Å². The first kappa shape index (κ1) is 11.9. The van der Waals surface area contributed by atoms with E-state index in [9.17, 15) is 12.8 Å². The zero-order valence-electron chi connectivity index (χ0n) is 8.50. The van der Waals surface area contributed by atoms with Gasteiger partial charge >= 0.3 is 0 Å². The molecule has 1 heterocycles. The van der Waals surface area contributed by atoms with Crippen molar-refractivity contribution < 1.29 is 12.8 Å². The van der Waals surface area contributed by atoms with E-state index in [1.807, 2.05) is 0 Å². The van der Waals surface area contributed by atoms with Gasteiger partial charge in [-0.1, -0.05) is 18.2 Å². The normalized spacial score (nSPS) is 11.6. The maximum absolute atomic E-state index is 13.3. The quantitative estimate of drug-likeness (QED) is 0.909. The number of aromatic nitrogens is 2. The number of halogens is 1. The van der Waals surface area contributed by atoms with Crippen molar-refractivity contribution in [3.05, 3.63) is 35.6 Å². The van der Waals surface area contributed by atoms with Gasteiger partial charge in [0.15, 0.2) is 0 Å². The monoisotopic (exact) mass is 273 g/mol. The van der Waals surface area contributed by atoms with Crippen LogP contribution >= 0.6 is 11.5 Å². The molecule has 1 aromatic carbocycles. The Bertz CT molecular complexity index is 639. The van der Waals surface area contributed by atoms with Crippen LogP contribution in [0.3, 0.4) is 0 Å². The fourth-order valence-corrected chi connectivity index (χ4v) is 3.21. The van der Waals surface area contributed by atoms with Crippen molar-refractivity contribution in [2.45, 2.75) is 10.9 Å². The number of hydrogen-bond acceptors (Lipinski definition) is 6. The second kappa shape index (κ2) is 4.38. The van der Waals surface area contributed by atoms with Crippen LogP contribution in [0.15, 0.2) is 29.4 Å². The maximum atomic E-state index is 13.3. The van der Waals surface area contributed by atoms with E-state index in [0.717, 1.165) is 11.5 Å². The van der Waals surface area contributed by atoms with Gasteiger partial charge in [-0.3, -0.25) is 0 Å². The molecule has 0 fully saturated rings. The highest BCUT2D eigenvalue weighted by atomic mass is 32.2. The molecule has 0 aliphatic carbocycles. The van der Waals surface area contributed by atoms with Crippen LogP contribution in [0.2, 0.25) is 0 Å². The van der Waals surface area contributed by atoms with Crippen LogP contribution in [0.1, 0.15) is 5.56 Å². The lowest BCUT2D eigenvalue weighted by atomic mass is 10.2. The van der Waals surface area contributed by atoms with Gasteiger partial charge in [-0.25, -0.2) is 12.8 Å². The molecule has 90 valence electrons. The molecule has 0 saturated heterocycles. The minimum absolute atomic E-state index is 0.0668. The summed E-state index contributed by atoms with van der Waals surface area (Å²) in [6, 6.07) is 5.66. The second-order valence-corrected chi connectivity index (χ2v) is 5.93. The Labute approximate surface area is 101 Å². The smallest absolute Gasteiger partial charge is 0.261 e. The first-order valence-corrected chi connectivity index (χ1v) is 6.97. The fraction of sp³-hybridized carbons (Fsp3) is 0.111. The molecule has 2 N–H and O–H groups in total. The van der Waals surface area contributed by atoms with Gasteiger partial charge in [-0.05, 0) is 6.07 Å². The van der Waals surface area contributed by atoms with Crippen molar-refractivity contribution >= 4 is 26.5 Å². The summed E-state index contributed by atoms with van der Waals surface area (Å²) in [5.41, 5.74) is 5.39. The number of sulfone groups is 1. The molecule has 0 bridgehead atoms. The molecule has 0 amide bonds. The van der Waals surface area contributed by atoms with Crippen molar-refractivity contribution in [1.82, 2.24) is 9.36 Å². The number of hydrogen-bond donors (Lipinski definition) is 1. The number of nitrogen functional groups attached to an aromatic ring is 1. The number of benzene rings is 1. The van der Waals surface area contributed by atoms with Crippen LogP contribution in [0.25, 0.3) is 0 Å². The Morgan fingerprint density at radius 2 is 2.06 bits per heavy atom. The van der Waals surface area contributed by atoms with Gasteiger partial charge < -0.3 is 5.73 Å². The molecule has 0 aliphatic rings. The molecule has 2 rings (SSSR count). The number of rotatable bonds is 3. The molecule has 0 saturated carbocycles. The number of anilines is 1. The fourth-order valence-electron chi connectivity index (χ4n) is 1.23. The Hall–Kier alpha value is -1.54. The zero-order valence-corrected chi connectivity index (χ0v) is 10.1. The summed E-state index contributed by atoms with van der Waals surface area (Å²) < 4.78 is 40.6. The van der Waals surface area contributed by atoms with Gasteiger partial charge in [0, 0.05) is 17.1 Å². The molecule has 5 nitrogen and oxygen atoms in total. The van der Waals surface area contributed by atoms with E-state index in [-0.39, 0.29) is 15.9 Å². The highest BCUT2D eigenvalue weighted by Crippen LogP contribution is 2.18. The third-order valence-electron chi connectivity index (χ3n) is 2.00. The van der Waals surface area contributed by atoms with Crippen molar-refractivity contribution in [2.75, 3.05) is 5.73 Å². The van der Waals surface area contributed by atoms with Gasteiger partial charge in [0.1, 0.15) is 5.82 Å². The first-order chi connectivity index (χ1) is 7.99. The Balaban J connectivity index is 2.33. The van der Waals surface area contributed by atoms with E-state index < -0.39 is 21.4 Å². The molecule has 1 aromatic heterocycles. The summed E-state index contributed by atoms with van der Waals surface area (Å²) in [5, 5.41) is -0.291. The standard InChI is InChI=1S/C9H8FN3O2S2/c10-7-4-2-1-3-6(7)5-17(14,15)9-12-8(11)16-13-9/h1-4H,5H2,(H2,11,12,13). The van der Waals surface area contributed by atoms with Crippen molar-refractivity contribution in [3.8, 4) is 0 Å². The lowest BCUT2D eigenvalue weighted by Gasteiger charge is -2.01. The zero-order chi connectivity index (χ0) is 12.5. The molecule has 8 heteroatoms. The molecule has 0 atom stereocenters. The molecule has 17 heavy (non-hydrogen) atoms. The van der Waals surface area contributed by atoms with Gasteiger partial charge in [0.05, 0.1) is 5.75 Å². The number of nitrogens with two attached hydrogens (primary N) is 1. The van der Waals surface area contributed by atoms with Crippen LogP contribution in [0, 0.1) is 5.82 Å². The van der Waals surface area contributed by atoms with Crippen molar-refractivity contribution in [2.24, 2.45) is 0 Å². The molecule has 0 aliphatic heterocycles. The minimum Gasteiger partial charge on any atom is -0.374 e. The van der Waals surface area contributed by atoms with E-state index in [1.165, 1.54) is 18.2 Å². The van der Waals surface area contributed by atoms with E-state index in [2.05, 4.69) is 9.36 Å². The summed E-state index contributed by atoms with van der Waals surface area (Å²) >= 11 is 0.790. The summed E-state index contributed by atoms with van der Waals surface area (Å²) in [5.74, 6) is -1.05. The number of nitrogens with zero attached hydrogens (tertiary/aromatic N) is 2. The molecular formula is C9H8FN3O2S2. The van der Waals surface area contributed by atoms with Crippen LogP contribution < -0.4 is 5.73 Å². The lowest BCUT2D eigenvalue weighted by Crippen LogP contribution is -2.08. The molecular weight excluding hydrogens is 265 g/mol.